The summed E-state index contributed by atoms with van der Waals surface area (Å²) in [6.07, 6.45) is -2.79. The van der Waals surface area contributed by atoms with Crippen LogP contribution >= 0.6 is 0 Å². The summed E-state index contributed by atoms with van der Waals surface area (Å²) in [5, 5.41) is 2.47. The van der Waals surface area contributed by atoms with Gasteiger partial charge in [-0.25, -0.2) is 8.42 Å². The number of hydrogen-bond donors (Lipinski definition) is 1. The number of carbonyl (C=O) groups is 1. The fourth-order valence-electron chi connectivity index (χ4n) is 3.34. The van der Waals surface area contributed by atoms with E-state index in [9.17, 15) is 26.4 Å². The van der Waals surface area contributed by atoms with Crippen molar-refractivity contribution in [3.8, 4) is 0 Å². The van der Waals surface area contributed by atoms with Gasteiger partial charge in [0.2, 0.25) is 5.91 Å². The van der Waals surface area contributed by atoms with Crippen molar-refractivity contribution in [1.82, 2.24) is 10.2 Å². The van der Waals surface area contributed by atoms with Gasteiger partial charge in [0.05, 0.1) is 22.3 Å². The first kappa shape index (κ1) is 23.7. The average Bonchev–Trinajstić information content (AvgIpc) is 2.64. The predicted octanol–water partition coefficient (Wildman–Crippen LogP) is 3.64. The second-order valence-corrected chi connectivity index (χ2v) is 10.8. The van der Waals surface area contributed by atoms with Crippen molar-refractivity contribution in [3.05, 3.63) is 29.8 Å². The molecule has 0 radical (unpaired) electrons. The van der Waals surface area contributed by atoms with Crippen molar-refractivity contribution < 1.29 is 26.4 Å². The molecule has 2 rings (SSSR count). The highest BCUT2D eigenvalue weighted by Gasteiger charge is 2.35. The molecule has 9 heteroatoms. The monoisotopic (exact) mass is 434 g/mol. The number of hydrogen-bond acceptors (Lipinski definition) is 4. The molecular weight excluding hydrogens is 405 g/mol. The summed E-state index contributed by atoms with van der Waals surface area (Å²) in [5.41, 5.74) is -1.24. The highest BCUT2D eigenvalue weighted by atomic mass is 32.2. The highest BCUT2D eigenvalue weighted by molar-refractivity contribution is 7.92. The van der Waals surface area contributed by atoms with Crippen LogP contribution in [-0.4, -0.2) is 49.6 Å². The SMILES string of the molecule is CN(C(=O)CNC1CCC(S(=O)(=O)c2cccc(C(F)(F)F)c2)CC1)C(C)(C)C. The van der Waals surface area contributed by atoms with Gasteiger partial charge in [0, 0.05) is 18.6 Å². The zero-order valence-corrected chi connectivity index (χ0v) is 18.0. The molecule has 0 aromatic heterocycles. The van der Waals surface area contributed by atoms with E-state index < -0.39 is 26.8 Å². The van der Waals surface area contributed by atoms with E-state index in [0.717, 1.165) is 12.1 Å². The molecule has 1 saturated carbocycles. The summed E-state index contributed by atoms with van der Waals surface area (Å²) in [7, 11) is -2.10. The maximum Gasteiger partial charge on any atom is 0.416 e. The Bertz CT molecular complexity index is 824. The third-order valence-corrected chi connectivity index (χ3v) is 7.79. The lowest BCUT2D eigenvalue weighted by atomic mass is 9.95. The second kappa shape index (κ2) is 8.63. The number of carbonyl (C=O) groups excluding carboxylic acids is 1. The number of alkyl halides is 3. The minimum atomic E-state index is -4.58. The van der Waals surface area contributed by atoms with E-state index in [-0.39, 0.29) is 28.9 Å². The van der Waals surface area contributed by atoms with E-state index in [0.29, 0.717) is 31.7 Å². The van der Waals surface area contributed by atoms with Crippen molar-refractivity contribution in [1.29, 1.82) is 0 Å². The first-order valence-electron chi connectivity index (χ1n) is 9.64. The molecule has 0 atom stereocenters. The van der Waals surface area contributed by atoms with Crippen LogP contribution in [0, 0.1) is 0 Å². The van der Waals surface area contributed by atoms with Crippen LogP contribution in [0.2, 0.25) is 0 Å². The average molecular weight is 435 g/mol. The van der Waals surface area contributed by atoms with Crippen molar-refractivity contribution in [3.63, 3.8) is 0 Å². The molecule has 0 spiro atoms. The largest absolute Gasteiger partial charge is 0.416 e. The lowest BCUT2D eigenvalue weighted by molar-refractivity contribution is -0.137. The van der Waals surface area contributed by atoms with Crippen molar-refractivity contribution in [2.45, 2.75) is 74.4 Å². The number of sulfone groups is 1. The van der Waals surface area contributed by atoms with E-state index in [1.54, 1.807) is 11.9 Å². The molecule has 0 saturated heterocycles. The number of rotatable bonds is 5. The van der Waals surface area contributed by atoms with Crippen LogP contribution in [0.4, 0.5) is 13.2 Å². The molecule has 0 bridgehead atoms. The van der Waals surface area contributed by atoms with E-state index in [1.165, 1.54) is 6.07 Å². The molecule has 29 heavy (non-hydrogen) atoms. The number of nitrogens with one attached hydrogen (secondary N) is 1. The molecule has 0 heterocycles. The minimum absolute atomic E-state index is 0.0141. The first-order chi connectivity index (χ1) is 13.2. The zero-order valence-electron chi connectivity index (χ0n) is 17.2. The Kier molecular flexibility index (Phi) is 7.05. The Hall–Kier alpha value is -1.61. The van der Waals surface area contributed by atoms with Gasteiger partial charge in [-0.1, -0.05) is 6.07 Å². The third-order valence-electron chi connectivity index (χ3n) is 5.53. The van der Waals surface area contributed by atoms with Gasteiger partial charge < -0.3 is 10.2 Å². The molecule has 1 aliphatic carbocycles. The van der Waals surface area contributed by atoms with Gasteiger partial charge in [-0.2, -0.15) is 13.2 Å². The molecule has 0 unspecified atom stereocenters. The molecular formula is C20H29F3N2O3S. The molecule has 1 aliphatic rings. The summed E-state index contributed by atoms with van der Waals surface area (Å²) in [6.45, 7) is 5.99. The fourth-order valence-corrected chi connectivity index (χ4v) is 5.18. The number of benzene rings is 1. The Labute approximate surface area is 170 Å². The number of amides is 1. The topological polar surface area (TPSA) is 66.5 Å². The first-order valence-corrected chi connectivity index (χ1v) is 11.2. The summed E-state index contributed by atoms with van der Waals surface area (Å²) >= 11 is 0. The Balaban J connectivity index is 1.96. The quantitative estimate of drug-likeness (QED) is 0.769. The van der Waals surface area contributed by atoms with Crippen LogP contribution in [0.3, 0.4) is 0 Å². The van der Waals surface area contributed by atoms with Gasteiger partial charge in [0.15, 0.2) is 9.84 Å². The molecule has 1 N–H and O–H groups in total. The van der Waals surface area contributed by atoms with E-state index in [4.69, 9.17) is 0 Å². The van der Waals surface area contributed by atoms with Crippen molar-refractivity contribution >= 4 is 15.7 Å². The van der Waals surface area contributed by atoms with Gasteiger partial charge in [-0.05, 0) is 64.7 Å². The van der Waals surface area contributed by atoms with Crippen LogP contribution in [-0.2, 0) is 20.8 Å². The lowest BCUT2D eigenvalue weighted by Gasteiger charge is -2.33. The maximum absolute atomic E-state index is 12.9. The summed E-state index contributed by atoms with van der Waals surface area (Å²) in [4.78, 5) is 13.6. The fraction of sp³-hybridized carbons (Fsp3) is 0.650. The lowest BCUT2D eigenvalue weighted by Crippen LogP contribution is -2.48. The van der Waals surface area contributed by atoms with Crippen LogP contribution in [0.15, 0.2) is 29.2 Å². The van der Waals surface area contributed by atoms with Gasteiger partial charge in [-0.3, -0.25) is 4.79 Å². The van der Waals surface area contributed by atoms with Crippen LogP contribution in [0.1, 0.15) is 52.0 Å². The smallest absolute Gasteiger partial charge is 0.340 e. The van der Waals surface area contributed by atoms with Crippen LogP contribution in [0.25, 0.3) is 0 Å². The Morgan fingerprint density at radius 2 is 1.72 bits per heavy atom. The van der Waals surface area contributed by atoms with Gasteiger partial charge >= 0.3 is 6.18 Å². The number of likely N-dealkylation sites (N-methyl/N-ethyl adjacent to an activating group) is 1. The summed E-state index contributed by atoms with van der Waals surface area (Å²) < 4.78 is 64.3. The molecule has 164 valence electrons. The summed E-state index contributed by atoms with van der Waals surface area (Å²) in [5.74, 6) is -0.0452. The minimum Gasteiger partial charge on any atom is -0.340 e. The standard InChI is InChI=1S/C20H29F3N2O3S/c1-19(2,3)25(4)18(26)13-24-15-8-10-16(11-9-15)29(27,28)17-7-5-6-14(12-17)20(21,22)23/h5-7,12,15-16,24H,8-11,13H2,1-4H3. The highest BCUT2D eigenvalue weighted by Crippen LogP contribution is 2.33. The van der Waals surface area contributed by atoms with E-state index in [1.807, 2.05) is 20.8 Å². The van der Waals surface area contributed by atoms with Crippen LogP contribution < -0.4 is 5.32 Å². The van der Waals surface area contributed by atoms with Gasteiger partial charge in [-0.15, -0.1) is 0 Å². The normalized spacial score (nSPS) is 21.1. The molecule has 1 aromatic rings. The molecule has 1 amide bonds. The molecule has 1 fully saturated rings. The predicted molar refractivity (Wildman–Crippen MR) is 105 cm³/mol. The third kappa shape index (κ3) is 5.94. The number of halogens is 3. The zero-order chi connectivity index (χ0) is 22.0. The summed E-state index contributed by atoms with van der Waals surface area (Å²) in [6, 6.07) is 3.93. The van der Waals surface area contributed by atoms with Crippen molar-refractivity contribution in [2.75, 3.05) is 13.6 Å². The number of nitrogens with zero attached hydrogens (tertiary/aromatic N) is 1. The second-order valence-electron chi connectivity index (χ2n) is 8.55. The van der Waals surface area contributed by atoms with E-state index in [2.05, 4.69) is 5.32 Å². The van der Waals surface area contributed by atoms with Crippen molar-refractivity contribution in [2.24, 2.45) is 0 Å². The maximum atomic E-state index is 12.9. The van der Waals surface area contributed by atoms with Gasteiger partial charge in [0.1, 0.15) is 0 Å². The Morgan fingerprint density at radius 3 is 2.24 bits per heavy atom. The molecule has 1 aromatic carbocycles. The molecule has 5 nitrogen and oxygen atoms in total. The van der Waals surface area contributed by atoms with Crippen LogP contribution in [0.5, 0.6) is 0 Å². The van der Waals surface area contributed by atoms with Gasteiger partial charge in [0.25, 0.3) is 0 Å². The van der Waals surface area contributed by atoms with E-state index >= 15 is 0 Å². The molecule has 0 aliphatic heterocycles. The Morgan fingerprint density at radius 1 is 1.14 bits per heavy atom.